The van der Waals surface area contributed by atoms with Gasteiger partial charge in [0.2, 0.25) is 0 Å². The normalized spacial score (nSPS) is 15.5. The Bertz CT molecular complexity index is 394. The Morgan fingerprint density at radius 1 is 1.35 bits per heavy atom. The van der Waals surface area contributed by atoms with E-state index in [2.05, 4.69) is 0 Å². The Morgan fingerprint density at radius 2 is 1.94 bits per heavy atom. The van der Waals surface area contributed by atoms with Crippen LogP contribution in [-0.2, 0) is 0 Å². The SMILES string of the molecule is COc1ccc(F)c([C@H](N)[C@H](O)C(F)(F)F)c1. The van der Waals surface area contributed by atoms with Gasteiger partial charge in [0.25, 0.3) is 0 Å². The molecule has 17 heavy (non-hydrogen) atoms. The Kier molecular flexibility index (Phi) is 3.94. The molecule has 0 amide bonds. The number of hydrogen-bond donors (Lipinski definition) is 2. The van der Waals surface area contributed by atoms with Crippen LogP contribution in [0.5, 0.6) is 5.75 Å². The quantitative estimate of drug-likeness (QED) is 0.807. The maximum Gasteiger partial charge on any atom is 0.416 e. The van der Waals surface area contributed by atoms with Gasteiger partial charge in [0.15, 0.2) is 6.10 Å². The van der Waals surface area contributed by atoms with Gasteiger partial charge in [-0.1, -0.05) is 0 Å². The summed E-state index contributed by atoms with van der Waals surface area (Å²) in [4.78, 5) is 0. The van der Waals surface area contributed by atoms with Crippen LogP contribution in [0.2, 0.25) is 0 Å². The van der Waals surface area contributed by atoms with E-state index in [1.807, 2.05) is 0 Å². The van der Waals surface area contributed by atoms with Crippen molar-refractivity contribution < 1.29 is 27.4 Å². The Morgan fingerprint density at radius 3 is 2.41 bits per heavy atom. The van der Waals surface area contributed by atoms with E-state index in [0.717, 1.165) is 12.1 Å². The average molecular weight is 253 g/mol. The number of nitrogens with two attached hydrogens (primary N) is 1. The van der Waals surface area contributed by atoms with E-state index < -0.39 is 29.7 Å². The van der Waals surface area contributed by atoms with Crippen molar-refractivity contribution in [3.63, 3.8) is 0 Å². The summed E-state index contributed by atoms with van der Waals surface area (Å²) in [5.74, 6) is -0.771. The van der Waals surface area contributed by atoms with Gasteiger partial charge in [-0.05, 0) is 18.2 Å². The van der Waals surface area contributed by atoms with Crippen molar-refractivity contribution >= 4 is 0 Å². The van der Waals surface area contributed by atoms with Crippen molar-refractivity contribution in [3.05, 3.63) is 29.6 Å². The number of benzene rings is 1. The fourth-order valence-electron chi connectivity index (χ4n) is 1.28. The van der Waals surface area contributed by atoms with Crippen LogP contribution in [0.15, 0.2) is 18.2 Å². The molecule has 96 valence electrons. The molecule has 0 fully saturated rings. The summed E-state index contributed by atoms with van der Waals surface area (Å²) in [6.45, 7) is 0. The number of ether oxygens (including phenoxy) is 1. The third-order valence-electron chi connectivity index (χ3n) is 2.24. The fourth-order valence-corrected chi connectivity index (χ4v) is 1.28. The van der Waals surface area contributed by atoms with Crippen LogP contribution in [-0.4, -0.2) is 24.5 Å². The van der Waals surface area contributed by atoms with Crippen LogP contribution in [0, 0.1) is 5.82 Å². The van der Waals surface area contributed by atoms with Gasteiger partial charge in [-0.15, -0.1) is 0 Å². The first-order chi connectivity index (χ1) is 7.77. The molecule has 0 aliphatic heterocycles. The van der Waals surface area contributed by atoms with Crippen molar-refractivity contribution in [3.8, 4) is 5.75 Å². The van der Waals surface area contributed by atoms with Gasteiger partial charge in [-0.25, -0.2) is 4.39 Å². The second kappa shape index (κ2) is 4.89. The number of halogens is 4. The molecule has 2 atom stereocenters. The molecule has 0 unspecified atom stereocenters. The molecule has 0 aromatic heterocycles. The molecule has 0 radical (unpaired) electrons. The molecule has 1 aromatic carbocycles. The van der Waals surface area contributed by atoms with Crippen molar-refractivity contribution in [2.75, 3.05) is 7.11 Å². The Hall–Kier alpha value is -1.34. The van der Waals surface area contributed by atoms with E-state index >= 15 is 0 Å². The molecule has 1 aromatic rings. The first-order valence-corrected chi connectivity index (χ1v) is 4.61. The minimum atomic E-state index is -4.91. The number of aliphatic hydroxyl groups excluding tert-OH is 1. The Balaban J connectivity index is 3.07. The van der Waals surface area contributed by atoms with Gasteiger partial charge < -0.3 is 15.6 Å². The molecule has 0 heterocycles. The predicted octanol–water partition coefficient (Wildman–Crippen LogP) is 1.76. The van der Waals surface area contributed by atoms with Gasteiger partial charge in [0, 0.05) is 5.56 Å². The number of rotatable bonds is 3. The van der Waals surface area contributed by atoms with E-state index in [-0.39, 0.29) is 5.75 Å². The minimum Gasteiger partial charge on any atom is -0.497 e. The topological polar surface area (TPSA) is 55.5 Å². The Labute approximate surface area is 94.8 Å². The second-order valence-electron chi connectivity index (χ2n) is 3.40. The first-order valence-electron chi connectivity index (χ1n) is 4.61. The molecule has 0 saturated heterocycles. The predicted molar refractivity (Wildman–Crippen MR) is 51.9 cm³/mol. The third-order valence-corrected chi connectivity index (χ3v) is 2.24. The van der Waals surface area contributed by atoms with Crippen LogP contribution in [0.3, 0.4) is 0 Å². The van der Waals surface area contributed by atoms with E-state index in [9.17, 15) is 17.6 Å². The molecule has 0 bridgehead atoms. The molecular weight excluding hydrogens is 242 g/mol. The molecule has 1 rings (SSSR count). The maximum absolute atomic E-state index is 13.3. The van der Waals surface area contributed by atoms with Crippen LogP contribution < -0.4 is 10.5 Å². The lowest BCUT2D eigenvalue weighted by Crippen LogP contribution is -2.39. The zero-order valence-electron chi connectivity index (χ0n) is 8.83. The lowest BCUT2D eigenvalue weighted by atomic mass is 10.0. The molecule has 7 heteroatoms. The maximum atomic E-state index is 13.3. The summed E-state index contributed by atoms with van der Waals surface area (Å²) < 4.78 is 54.7. The smallest absolute Gasteiger partial charge is 0.416 e. The van der Waals surface area contributed by atoms with Crippen LogP contribution in [0.1, 0.15) is 11.6 Å². The molecule has 3 N–H and O–H groups in total. The van der Waals surface area contributed by atoms with E-state index in [1.54, 1.807) is 0 Å². The van der Waals surface area contributed by atoms with E-state index in [1.165, 1.54) is 13.2 Å². The van der Waals surface area contributed by atoms with Gasteiger partial charge in [0.05, 0.1) is 13.2 Å². The molecule has 3 nitrogen and oxygen atoms in total. The van der Waals surface area contributed by atoms with Crippen molar-refractivity contribution in [1.82, 2.24) is 0 Å². The highest BCUT2D eigenvalue weighted by Crippen LogP contribution is 2.31. The zero-order chi connectivity index (χ0) is 13.2. The number of aliphatic hydroxyl groups is 1. The van der Waals surface area contributed by atoms with Gasteiger partial charge in [-0.3, -0.25) is 0 Å². The number of hydrogen-bond acceptors (Lipinski definition) is 3. The van der Waals surface area contributed by atoms with E-state index in [4.69, 9.17) is 15.6 Å². The van der Waals surface area contributed by atoms with Crippen molar-refractivity contribution in [2.24, 2.45) is 5.73 Å². The van der Waals surface area contributed by atoms with E-state index in [0.29, 0.717) is 0 Å². The third kappa shape index (κ3) is 3.07. The summed E-state index contributed by atoms with van der Waals surface area (Å²) in [7, 11) is 1.28. The lowest BCUT2D eigenvalue weighted by molar-refractivity contribution is -0.210. The summed E-state index contributed by atoms with van der Waals surface area (Å²) in [5, 5.41) is 8.94. The van der Waals surface area contributed by atoms with Gasteiger partial charge in [-0.2, -0.15) is 13.2 Å². The minimum absolute atomic E-state index is 0.159. The summed E-state index contributed by atoms with van der Waals surface area (Å²) in [6.07, 6.45) is -7.74. The summed E-state index contributed by atoms with van der Waals surface area (Å²) >= 11 is 0. The van der Waals surface area contributed by atoms with Crippen LogP contribution in [0.25, 0.3) is 0 Å². The highest BCUT2D eigenvalue weighted by atomic mass is 19.4. The van der Waals surface area contributed by atoms with Gasteiger partial charge in [0.1, 0.15) is 11.6 Å². The van der Waals surface area contributed by atoms with Crippen LogP contribution >= 0.6 is 0 Å². The van der Waals surface area contributed by atoms with Crippen molar-refractivity contribution in [1.29, 1.82) is 0 Å². The first kappa shape index (κ1) is 13.7. The monoisotopic (exact) mass is 253 g/mol. The number of methoxy groups -OCH3 is 1. The van der Waals surface area contributed by atoms with Gasteiger partial charge >= 0.3 is 6.18 Å². The number of alkyl halides is 3. The van der Waals surface area contributed by atoms with Crippen molar-refractivity contribution in [2.45, 2.75) is 18.3 Å². The molecule has 0 aliphatic rings. The molecule has 0 saturated carbocycles. The zero-order valence-corrected chi connectivity index (χ0v) is 8.83. The second-order valence-corrected chi connectivity index (χ2v) is 3.40. The highest BCUT2D eigenvalue weighted by Gasteiger charge is 2.43. The summed E-state index contributed by atoms with van der Waals surface area (Å²) in [5.41, 5.74) is 4.73. The standard InChI is InChI=1S/C10H11F4NO2/c1-17-5-2-3-7(11)6(4-5)8(15)9(16)10(12,13)14/h2-4,8-9,16H,15H2,1H3/t8-,9-/m0/s1. The van der Waals surface area contributed by atoms with Crippen LogP contribution in [0.4, 0.5) is 17.6 Å². The highest BCUT2D eigenvalue weighted by molar-refractivity contribution is 5.32. The molecule has 0 spiro atoms. The summed E-state index contributed by atoms with van der Waals surface area (Å²) in [6, 6.07) is 1.29. The molecular formula is C10H11F4NO2. The molecule has 0 aliphatic carbocycles. The largest absolute Gasteiger partial charge is 0.497 e. The average Bonchev–Trinajstić information content (AvgIpc) is 2.26. The lowest BCUT2D eigenvalue weighted by Gasteiger charge is -2.22. The fraction of sp³-hybridized carbons (Fsp3) is 0.400.